The molecule has 0 radical (unpaired) electrons. The van der Waals surface area contributed by atoms with Crippen LogP contribution in [0.1, 0.15) is 79.7 Å². The molecule has 1 heterocycles. The molecule has 3 rings (SSSR count). The fourth-order valence-electron chi connectivity index (χ4n) is 3.60. The normalized spacial score (nSPS) is 20.0. The molecule has 1 aliphatic rings. The second kappa shape index (κ2) is 8.39. The smallest absolute Gasteiger partial charge is 0.303 e. The molecule has 2 aromatic rings. The van der Waals surface area contributed by atoms with Crippen molar-refractivity contribution in [3.05, 3.63) is 40.4 Å². The number of rotatable bonds is 5. The van der Waals surface area contributed by atoms with Gasteiger partial charge in [-0.2, -0.15) is 0 Å². The molecule has 0 saturated heterocycles. The van der Waals surface area contributed by atoms with Crippen LogP contribution in [0.3, 0.4) is 0 Å². The molecule has 1 aromatic heterocycles. The first kappa shape index (κ1) is 20.5. The van der Waals surface area contributed by atoms with E-state index in [2.05, 4.69) is 36.3 Å². The molecular weight excluding hydrogens is 374 g/mol. The van der Waals surface area contributed by atoms with E-state index in [0.717, 1.165) is 30.7 Å². The Bertz CT molecular complexity index is 831. The van der Waals surface area contributed by atoms with E-state index in [1.807, 2.05) is 24.3 Å². The van der Waals surface area contributed by atoms with Crippen molar-refractivity contribution in [2.45, 2.75) is 64.2 Å². The first-order chi connectivity index (χ1) is 13.2. The Kier molecular flexibility index (Phi) is 6.13. The van der Waals surface area contributed by atoms with Gasteiger partial charge in [-0.25, -0.2) is 0 Å². The molecule has 7 heteroatoms. The number of carboxylic acids is 1. The third-order valence-electron chi connectivity index (χ3n) is 5.24. The van der Waals surface area contributed by atoms with Gasteiger partial charge in [-0.05, 0) is 55.2 Å². The summed E-state index contributed by atoms with van der Waals surface area (Å²) in [5.74, 6) is -0.152. The number of nitrogens with one attached hydrogen (secondary N) is 1. The zero-order chi connectivity index (χ0) is 20.3. The fourth-order valence-corrected chi connectivity index (χ4v) is 4.40. The summed E-state index contributed by atoms with van der Waals surface area (Å²) in [5.41, 5.74) is 1.72. The maximum atomic E-state index is 12.5. The highest BCUT2D eigenvalue weighted by Crippen LogP contribution is 2.37. The maximum absolute atomic E-state index is 12.5. The van der Waals surface area contributed by atoms with Gasteiger partial charge in [-0.1, -0.05) is 44.2 Å². The minimum Gasteiger partial charge on any atom is -0.481 e. The summed E-state index contributed by atoms with van der Waals surface area (Å²) in [6.07, 6.45) is 4.18. The number of benzene rings is 1. The van der Waals surface area contributed by atoms with Crippen molar-refractivity contribution in [2.24, 2.45) is 5.92 Å². The molecule has 1 fully saturated rings. The Balaban J connectivity index is 1.57. The van der Waals surface area contributed by atoms with Gasteiger partial charge in [0.15, 0.2) is 0 Å². The van der Waals surface area contributed by atoms with Gasteiger partial charge in [0.25, 0.3) is 5.91 Å². The van der Waals surface area contributed by atoms with Gasteiger partial charge < -0.3 is 5.11 Å². The van der Waals surface area contributed by atoms with E-state index in [0.29, 0.717) is 22.5 Å². The number of nitrogens with zero attached hydrogens (tertiary/aromatic N) is 2. The van der Waals surface area contributed by atoms with E-state index >= 15 is 0 Å². The molecule has 6 nitrogen and oxygen atoms in total. The van der Waals surface area contributed by atoms with Gasteiger partial charge in [0.05, 0.1) is 0 Å². The molecule has 0 bridgehead atoms. The average molecular weight is 402 g/mol. The number of hydrogen-bond donors (Lipinski definition) is 2. The van der Waals surface area contributed by atoms with E-state index in [1.54, 1.807) is 0 Å². The molecule has 150 valence electrons. The molecule has 2 N–H and O–H groups in total. The third-order valence-corrected chi connectivity index (χ3v) is 6.51. The molecule has 0 spiro atoms. The second-order valence-electron chi connectivity index (χ2n) is 8.55. The first-order valence-electron chi connectivity index (χ1n) is 9.69. The average Bonchev–Trinajstić information content (AvgIpc) is 3.11. The van der Waals surface area contributed by atoms with E-state index in [1.165, 1.54) is 16.9 Å². The summed E-state index contributed by atoms with van der Waals surface area (Å²) in [6.45, 7) is 6.19. The number of carbonyl (C=O) groups is 2. The molecule has 1 amide bonds. The SMILES string of the molecule is CC(C)(C)c1nnc(NC(=O)c2ccc(C3CCC(CC(=O)O)CC3)cc2)s1. The summed E-state index contributed by atoms with van der Waals surface area (Å²) in [4.78, 5) is 23.3. The van der Waals surface area contributed by atoms with Gasteiger partial charge >= 0.3 is 5.97 Å². The lowest BCUT2D eigenvalue weighted by Crippen LogP contribution is -2.16. The molecule has 0 atom stereocenters. The number of carboxylic acid groups (broad SMARTS) is 1. The summed E-state index contributed by atoms with van der Waals surface area (Å²) in [6, 6.07) is 7.72. The Labute approximate surface area is 169 Å². The zero-order valence-electron chi connectivity index (χ0n) is 16.6. The number of anilines is 1. The first-order valence-corrected chi connectivity index (χ1v) is 10.5. The van der Waals surface area contributed by atoms with E-state index < -0.39 is 5.97 Å². The van der Waals surface area contributed by atoms with Crippen molar-refractivity contribution in [3.63, 3.8) is 0 Å². The van der Waals surface area contributed by atoms with Crippen LogP contribution in [-0.2, 0) is 10.2 Å². The summed E-state index contributed by atoms with van der Waals surface area (Å²) in [7, 11) is 0. The van der Waals surface area contributed by atoms with Crippen molar-refractivity contribution in [1.29, 1.82) is 0 Å². The Morgan fingerprint density at radius 3 is 2.29 bits per heavy atom. The second-order valence-corrected chi connectivity index (χ2v) is 9.53. The van der Waals surface area contributed by atoms with Gasteiger partial charge in [0.1, 0.15) is 5.01 Å². The van der Waals surface area contributed by atoms with Crippen LogP contribution in [0.15, 0.2) is 24.3 Å². The highest BCUT2D eigenvalue weighted by Gasteiger charge is 2.24. The van der Waals surface area contributed by atoms with Crippen LogP contribution in [-0.4, -0.2) is 27.2 Å². The third kappa shape index (κ3) is 5.16. The van der Waals surface area contributed by atoms with E-state index in [4.69, 9.17) is 5.11 Å². The highest BCUT2D eigenvalue weighted by molar-refractivity contribution is 7.15. The van der Waals surface area contributed by atoms with E-state index in [-0.39, 0.29) is 17.7 Å². The number of aliphatic carboxylic acids is 1. The van der Waals surface area contributed by atoms with Gasteiger partial charge in [-0.15, -0.1) is 10.2 Å². The number of aromatic nitrogens is 2. The van der Waals surface area contributed by atoms with Crippen molar-refractivity contribution in [2.75, 3.05) is 5.32 Å². The quantitative estimate of drug-likeness (QED) is 0.748. The van der Waals surface area contributed by atoms with Crippen LogP contribution in [0.4, 0.5) is 5.13 Å². The molecule has 28 heavy (non-hydrogen) atoms. The van der Waals surface area contributed by atoms with Crippen LogP contribution in [0.2, 0.25) is 0 Å². The minimum atomic E-state index is -0.705. The van der Waals surface area contributed by atoms with Crippen LogP contribution in [0.25, 0.3) is 0 Å². The fraction of sp³-hybridized carbons (Fsp3) is 0.524. The molecular formula is C21H27N3O3S. The summed E-state index contributed by atoms with van der Waals surface area (Å²) in [5, 5.41) is 21.4. The number of amides is 1. The Morgan fingerprint density at radius 2 is 1.75 bits per heavy atom. The lowest BCUT2D eigenvalue weighted by molar-refractivity contribution is -0.138. The lowest BCUT2D eigenvalue weighted by atomic mass is 9.77. The van der Waals surface area contributed by atoms with Gasteiger partial charge in [0.2, 0.25) is 5.13 Å². The molecule has 1 saturated carbocycles. The lowest BCUT2D eigenvalue weighted by Gasteiger charge is -2.28. The highest BCUT2D eigenvalue weighted by atomic mass is 32.1. The molecule has 0 unspecified atom stereocenters. The van der Waals surface area contributed by atoms with Gasteiger partial charge in [-0.3, -0.25) is 14.9 Å². The van der Waals surface area contributed by atoms with Crippen molar-refractivity contribution in [3.8, 4) is 0 Å². The van der Waals surface area contributed by atoms with E-state index in [9.17, 15) is 9.59 Å². The van der Waals surface area contributed by atoms with Crippen molar-refractivity contribution < 1.29 is 14.7 Å². The number of hydrogen-bond acceptors (Lipinski definition) is 5. The van der Waals surface area contributed by atoms with Crippen molar-refractivity contribution >= 4 is 28.3 Å². The molecule has 1 aliphatic carbocycles. The largest absolute Gasteiger partial charge is 0.481 e. The maximum Gasteiger partial charge on any atom is 0.303 e. The standard InChI is InChI=1S/C21H27N3O3S/c1-21(2,3)19-23-24-20(28-19)22-18(27)16-10-8-15(9-11-16)14-6-4-13(5-7-14)12-17(25)26/h8-11,13-14H,4-7,12H2,1-3H3,(H,25,26)(H,22,24,27). The number of carbonyl (C=O) groups excluding carboxylic acids is 1. The van der Waals surface area contributed by atoms with Crippen LogP contribution >= 0.6 is 11.3 Å². The Morgan fingerprint density at radius 1 is 1.11 bits per heavy atom. The Hall–Kier alpha value is -2.28. The zero-order valence-corrected chi connectivity index (χ0v) is 17.4. The molecule has 1 aromatic carbocycles. The predicted octanol–water partition coefficient (Wildman–Crippen LogP) is 4.84. The summed E-state index contributed by atoms with van der Waals surface area (Å²) < 4.78 is 0. The minimum absolute atomic E-state index is 0.0915. The topological polar surface area (TPSA) is 92.2 Å². The van der Waals surface area contributed by atoms with Crippen LogP contribution in [0, 0.1) is 5.92 Å². The van der Waals surface area contributed by atoms with Crippen molar-refractivity contribution in [1.82, 2.24) is 10.2 Å². The monoisotopic (exact) mass is 401 g/mol. The predicted molar refractivity (Wildman–Crippen MR) is 110 cm³/mol. The van der Waals surface area contributed by atoms with Gasteiger partial charge in [0, 0.05) is 17.4 Å². The van der Waals surface area contributed by atoms with Crippen LogP contribution in [0.5, 0.6) is 0 Å². The summed E-state index contributed by atoms with van der Waals surface area (Å²) >= 11 is 1.40. The molecule has 0 aliphatic heterocycles. The van der Waals surface area contributed by atoms with Crippen LogP contribution < -0.4 is 5.32 Å².